The van der Waals surface area contributed by atoms with Gasteiger partial charge in [-0.2, -0.15) is 8.42 Å². The molecule has 0 fully saturated rings. The average molecular weight is 224 g/mol. The summed E-state index contributed by atoms with van der Waals surface area (Å²) in [5.74, 6) is 0. The Morgan fingerprint density at radius 1 is 1.27 bits per heavy atom. The number of hydrogen-bond acceptors (Lipinski definition) is 4. The molecule has 0 unspecified atom stereocenters. The van der Waals surface area contributed by atoms with E-state index in [2.05, 4.69) is 4.98 Å². The second-order valence-electron chi connectivity index (χ2n) is 3.10. The fourth-order valence-corrected chi connectivity index (χ4v) is 1.80. The van der Waals surface area contributed by atoms with Crippen molar-refractivity contribution in [1.82, 2.24) is 4.98 Å². The molecule has 15 heavy (non-hydrogen) atoms. The van der Waals surface area contributed by atoms with Gasteiger partial charge in [-0.05, 0) is 24.3 Å². The Kier molecular flexibility index (Phi) is 2.09. The van der Waals surface area contributed by atoms with Gasteiger partial charge in [0.2, 0.25) is 0 Å². The number of fused-ring (bicyclic) bond motifs is 1. The molecule has 5 nitrogen and oxygen atoms in total. The van der Waals surface area contributed by atoms with Crippen LogP contribution in [0.2, 0.25) is 0 Å². The fraction of sp³-hybridized carbons (Fsp3) is 0. The number of aromatic nitrogens is 1. The van der Waals surface area contributed by atoms with Crippen molar-refractivity contribution in [2.45, 2.75) is 4.90 Å². The lowest BCUT2D eigenvalue weighted by Crippen LogP contribution is -1.98. The molecule has 0 aliphatic heterocycles. The lowest BCUT2D eigenvalue weighted by molar-refractivity contribution is 0.483. The molecule has 0 saturated carbocycles. The average Bonchev–Trinajstić information content (AvgIpc) is 2.15. The predicted octanol–water partition coefficient (Wildman–Crippen LogP) is 1.06. The van der Waals surface area contributed by atoms with E-state index in [0.717, 1.165) is 0 Å². The topological polar surface area (TPSA) is 93.3 Å². The summed E-state index contributed by atoms with van der Waals surface area (Å²) in [5.41, 5.74) is 6.57. The highest BCUT2D eigenvalue weighted by molar-refractivity contribution is 7.85. The van der Waals surface area contributed by atoms with Crippen molar-refractivity contribution < 1.29 is 13.0 Å². The standard InChI is InChI=1S/C9H8N2O3S/c10-7-3-6-4-8(15(12,13)14)1-2-9(6)11-5-7/h1-5H,10H2,(H,12,13,14). The third-order valence-electron chi connectivity index (χ3n) is 1.97. The minimum Gasteiger partial charge on any atom is -0.397 e. The van der Waals surface area contributed by atoms with E-state index < -0.39 is 10.1 Å². The highest BCUT2D eigenvalue weighted by Gasteiger charge is 2.09. The number of nitrogen functional groups attached to an aromatic ring is 1. The van der Waals surface area contributed by atoms with Crippen LogP contribution in [0.15, 0.2) is 35.4 Å². The van der Waals surface area contributed by atoms with Gasteiger partial charge in [0.15, 0.2) is 0 Å². The van der Waals surface area contributed by atoms with E-state index in [1.54, 1.807) is 6.07 Å². The van der Waals surface area contributed by atoms with Crippen LogP contribution in [0.3, 0.4) is 0 Å². The van der Waals surface area contributed by atoms with E-state index in [9.17, 15) is 8.42 Å². The van der Waals surface area contributed by atoms with Crippen LogP contribution in [0.5, 0.6) is 0 Å². The molecule has 0 spiro atoms. The Morgan fingerprint density at radius 2 is 2.00 bits per heavy atom. The largest absolute Gasteiger partial charge is 0.397 e. The molecule has 78 valence electrons. The van der Waals surface area contributed by atoms with Crippen molar-refractivity contribution in [2.75, 3.05) is 5.73 Å². The first-order valence-corrected chi connectivity index (χ1v) is 5.53. The monoisotopic (exact) mass is 224 g/mol. The molecule has 0 radical (unpaired) electrons. The molecule has 0 aliphatic rings. The minimum atomic E-state index is -4.18. The van der Waals surface area contributed by atoms with Gasteiger partial charge in [-0.3, -0.25) is 9.54 Å². The van der Waals surface area contributed by atoms with E-state index in [1.807, 2.05) is 0 Å². The van der Waals surface area contributed by atoms with Gasteiger partial charge >= 0.3 is 0 Å². The maximum absolute atomic E-state index is 10.9. The summed E-state index contributed by atoms with van der Waals surface area (Å²) in [4.78, 5) is 3.84. The zero-order valence-electron chi connectivity index (χ0n) is 7.58. The zero-order valence-corrected chi connectivity index (χ0v) is 8.40. The molecule has 0 saturated heterocycles. The van der Waals surface area contributed by atoms with Crippen molar-refractivity contribution in [1.29, 1.82) is 0 Å². The van der Waals surface area contributed by atoms with Gasteiger partial charge in [-0.25, -0.2) is 0 Å². The smallest absolute Gasteiger partial charge is 0.294 e. The Labute approximate surface area is 86.3 Å². The number of hydrogen-bond donors (Lipinski definition) is 2. The molecular weight excluding hydrogens is 216 g/mol. The number of benzene rings is 1. The van der Waals surface area contributed by atoms with Crippen LogP contribution < -0.4 is 5.73 Å². The normalized spacial score (nSPS) is 11.8. The van der Waals surface area contributed by atoms with Gasteiger partial charge in [0.25, 0.3) is 10.1 Å². The van der Waals surface area contributed by atoms with Gasteiger partial charge in [0.05, 0.1) is 22.3 Å². The lowest BCUT2D eigenvalue weighted by atomic mass is 10.2. The molecule has 1 aromatic heterocycles. The molecule has 0 bridgehead atoms. The SMILES string of the molecule is Nc1cnc2ccc(S(=O)(=O)O)cc2c1. The molecule has 2 aromatic rings. The first-order valence-electron chi connectivity index (χ1n) is 4.09. The van der Waals surface area contributed by atoms with Crippen molar-refractivity contribution >= 4 is 26.7 Å². The maximum atomic E-state index is 10.9. The van der Waals surface area contributed by atoms with Crippen molar-refractivity contribution in [3.63, 3.8) is 0 Å². The van der Waals surface area contributed by atoms with Gasteiger partial charge < -0.3 is 5.73 Å². The summed E-state index contributed by atoms with van der Waals surface area (Å²) < 4.78 is 30.6. The second kappa shape index (κ2) is 3.18. The summed E-state index contributed by atoms with van der Waals surface area (Å²) in [7, 11) is -4.18. The van der Waals surface area contributed by atoms with E-state index in [4.69, 9.17) is 10.3 Å². The highest BCUT2D eigenvalue weighted by Crippen LogP contribution is 2.19. The number of nitrogens with zero attached hydrogens (tertiary/aromatic N) is 1. The second-order valence-corrected chi connectivity index (χ2v) is 4.52. The van der Waals surface area contributed by atoms with Gasteiger partial charge in [0, 0.05) is 5.39 Å². The first-order chi connectivity index (χ1) is 6.97. The number of nitrogens with two attached hydrogens (primary N) is 1. The summed E-state index contributed by atoms with van der Waals surface area (Å²) in [6, 6.07) is 5.73. The number of rotatable bonds is 1. The Morgan fingerprint density at radius 3 is 2.67 bits per heavy atom. The zero-order chi connectivity index (χ0) is 11.1. The van der Waals surface area contributed by atoms with E-state index >= 15 is 0 Å². The molecule has 0 atom stereocenters. The van der Waals surface area contributed by atoms with Crippen molar-refractivity contribution in [3.05, 3.63) is 30.5 Å². The summed E-state index contributed by atoms with van der Waals surface area (Å²) in [6.07, 6.45) is 1.48. The van der Waals surface area contributed by atoms with Crippen LogP contribution >= 0.6 is 0 Å². The molecule has 3 N–H and O–H groups in total. The molecule has 0 aliphatic carbocycles. The van der Waals surface area contributed by atoms with Crippen LogP contribution in [-0.2, 0) is 10.1 Å². The minimum absolute atomic E-state index is 0.164. The van der Waals surface area contributed by atoms with Crippen LogP contribution in [0.4, 0.5) is 5.69 Å². The Hall–Kier alpha value is -1.66. The molecule has 0 amide bonds. The lowest BCUT2D eigenvalue weighted by Gasteiger charge is -2.01. The molecular formula is C9H8N2O3S. The van der Waals surface area contributed by atoms with Crippen LogP contribution in [-0.4, -0.2) is 18.0 Å². The fourth-order valence-electron chi connectivity index (χ4n) is 1.29. The third kappa shape index (κ3) is 1.90. The summed E-state index contributed by atoms with van der Waals surface area (Å²) >= 11 is 0. The van der Waals surface area contributed by atoms with Crippen molar-refractivity contribution in [2.24, 2.45) is 0 Å². The number of pyridine rings is 1. The molecule has 1 aromatic carbocycles. The van der Waals surface area contributed by atoms with E-state index in [0.29, 0.717) is 16.6 Å². The number of anilines is 1. The molecule has 1 heterocycles. The maximum Gasteiger partial charge on any atom is 0.294 e. The highest BCUT2D eigenvalue weighted by atomic mass is 32.2. The predicted molar refractivity (Wildman–Crippen MR) is 56.0 cm³/mol. The van der Waals surface area contributed by atoms with E-state index in [-0.39, 0.29) is 4.90 Å². The van der Waals surface area contributed by atoms with E-state index in [1.165, 1.54) is 24.4 Å². The quantitative estimate of drug-likeness (QED) is 0.706. The molecule has 6 heteroatoms. The van der Waals surface area contributed by atoms with Gasteiger partial charge in [-0.15, -0.1) is 0 Å². The third-order valence-corrected chi connectivity index (χ3v) is 2.82. The Bertz CT molecular complexity index is 622. The Balaban J connectivity index is 2.75. The van der Waals surface area contributed by atoms with Crippen LogP contribution in [0.1, 0.15) is 0 Å². The molecule has 2 rings (SSSR count). The summed E-state index contributed by atoms with van der Waals surface area (Å²) in [5, 5.41) is 0.574. The van der Waals surface area contributed by atoms with Crippen LogP contribution in [0.25, 0.3) is 10.9 Å². The van der Waals surface area contributed by atoms with Gasteiger partial charge in [-0.1, -0.05) is 0 Å². The van der Waals surface area contributed by atoms with Crippen LogP contribution in [0, 0.1) is 0 Å². The first kappa shape index (κ1) is 9.88. The van der Waals surface area contributed by atoms with Gasteiger partial charge in [0.1, 0.15) is 0 Å². The summed E-state index contributed by atoms with van der Waals surface area (Å²) in [6.45, 7) is 0. The van der Waals surface area contributed by atoms with Crippen molar-refractivity contribution in [3.8, 4) is 0 Å².